The van der Waals surface area contributed by atoms with Gasteiger partial charge in [0.05, 0.1) is 5.69 Å². The Labute approximate surface area is 142 Å². The summed E-state index contributed by atoms with van der Waals surface area (Å²) in [4.78, 5) is 15.7. The smallest absolute Gasteiger partial charge is 0.407 e. The van der Waals surface area contributed by atoms with Crippen LogP contribution in [0.5, 0.6) is 0 Å². The van der Waals surface area contributed by atoms with E-state index in [2.05, 4.69) is 10.3 Å². The van der Waals surface area contributed by atoms with Crippen molar-refractivity contribution in [2.45, 2.75) is 39.8 Å². The van der Waals surface area contributed by atoms with Gasteiger partial charge in [0, 0.05) is 18.3 Å². The highest BCUT2D eigenvalue weighted by molar-refractivity contribution is 5.82. The van der Waals surface area contributed by atoms with Crippen molar-refractivity contribution in [2.24, 2.45) is 0 Å². The Kier molecular flexibility index (Phi) is 4.97. The summed E-state index contributed by atoms with van der Waals surface area (Å²) in [5, 5.41) is 2.76. The van der Waals surface area contributed by atoms with Crippen LogP contribution in [0.3, 0.4) is 0 Å². The first-order valence-electron chi connectivity index (χ1n) is 7.74. The van der Waals surface area contributed by atoms with E-state index >= 15 is 0 Å². The summed E-state index contributed by atoms with van der Waals surface area (Å²) in [6.45, 7) is 7.87. The second kappa shape index (κ2) is 6.78. The second-order valence-corrected chi connectivity index (χ2v) is 6.65. The zero-order valence-electron chi connectivity index (χ0n) is 14.5. The van der Waals surface area contributed by atoms with Crippen LogP contribution in [0.4, 0.5) is 16.3 Å². The van der Waals surface area contributed by atoms with Crippen LogP contribution >= 0.6 is 0 Å². The number of amides is 1. The van der Waals surface area contributed by atoms with Gasteiger partial charge in [-0.25, -0.2) is 9.78 Å². The van der Waals surface area contributed by atoms with Crippen molar-refractivity contribution in [1.29, 1.82) is 0 Å². The van der Waals surface area contributed by atoms with Gasteiger partial charge in [0.25, 0.3) is 0 Å². The molecule has 5 N–H and O–H groups in total. The Balaban J connectivity index is 2.13. The van der Waals surface area contributed by atoms with E-state index in [1.807, 2.05) is 52.0 Å². The minimum absolute atomic E-state index is 0.320. The van der Waals surface area contributed by atoms with Gasteiger partial charge in [-0.3, -0.25) is 0 Å². The van der Waals surface area contributed by atoms with Crippen molar-refractivity contribution in [3.05, 3.63) is 41.6 Å². The summed E-state index contributed by atoms with van der Waals surface area (Å²) in [6, 6.07) is 7.75. The molecule has 128 valence electrons. The molecular weight excluding hydrogens is 304 g/mol. The average molecular weight is 328 g/mol. The van der Waals surface area contributed by atoms with E-state index in [9.17, 15) is 4.79 Å². The highest BCUT2D eigenvalue weighted by Gasteiger charge is 2.16. The zero-order valence-corrected chi connectivity index (χ0v) is 14.5. The van der Waals surface area contributed by atoms with Gasteiger partial charge in [-0.1, -0.05) is 18.2 Å². The van der Waals surface area contributed by atoms with Gasteiger partial charge < -0.3 is 21.5 Å². The molecule has 0 saturated carbocycles. The number of pyridine rings is 1. The summed E-state index contributed by atoms with van der Waals surface area (Å²) >= 11 is 0. The Morgan fingerprint density at radius 1 is 1.25 bits per heavy atom. The van der Waals surface area contributed by atoms with Gasteiger partial charge >= 0.3 is 6.09 Å². The number of ether oxygens (including phenoxy) is 1. The lowest BCUT2D eigenvalue weighted by Gasteiger charge is -2.20. The maximum absolute atomic E-state index is 11.7. The first-order valence-corrected chi connectivity index (χ1v) is 7.74. The molecule has 1 aromatic carbocycles. The molecule has 6 nitrogen and oxygen atoms in total. The number of nitrogens with one attached hydrogen (secondary N) is 1. The van der Waals surface area contributed by atoms with Crippen molar-refractivity contribution in [3.63, 3.8) is 0 Å². The van der Waals surface area contributed by atoms with Crippen molar-refractivity contribution in [3.8, 4) is 11.1 Å². The Morgan fingerprint density at radius 3 is 2.58 bits per heavy atom. The van der Waals surface area contributed by atoms with Crippen LogP contribution < -0.4 is 16.8 Å². The molecule has 0 aliphatic heterocycles. The number of nitrogens with zero attached hydrogens (tertiary/aromatic N) is 1. The molecule has 1 heterocycles. The van der Waals surface area contributed by atoms with Crippen molar-refractivity contribution < 1.29 is 9.53 Å². The molecule has 0 aliphatic carbocycles. The Morgan fingerprint density at radius 2 is 1.96 bits per heavy atom. The minimum Gasteiger partial charge on any atom is -0.444 e. The molecule has 0 bridgehead atoms. The average Bonchev–Trinajstić information content (AvgIpc) is 2.47. The van der Waals surface area contributed by atoms with Gasteiger partial charge in [0.1, 0.15) is 11.4 Å². The third-order valence-corrected chi connectivity index (χ3v) is 3.50. The van der Waals surface area contributed by atoms with Gasteiger partial charge in [0.15, 0.2) is 0 Å². The Bertz CT molecular complexity index is 751. The SMILES string of the molecule is Cc1cc(-c2ccnc(N)c2N)ccc1CNC(=O)OC(C)(C)C. The van der Waals surface area contributed by atoms with E-state index in [0.717, 1.165) is 22.3 Å². The zero-order chi connectivity index (χ0) is 17.9. The minimum atomic E-state index is -0.512. The molecule has 0 aliphatic rings. The molecule has 0 radical (unpaired) electrons. The lowest BCUT2D eigenvalue weighted by atomic mass is 9.99. The number of alkyl carbamates (subject to hydrolysis) is 1. The van der Waals surface area contributed by atoms with E-state index in [-0.39, 0.29) is 0 Å². The van der Waals surface area contributed by atoms with Gasteiger partial charge in [-0.05, 0) is 50.5 Å². The summed E-state index contributed by atoms with van der Waals surface area (Å²) < 4.78 is 5.23. The monoisotopic (exact) mass is 328 g/mol. The van der Waals surface area contributed by atoms with Crippen LogP contribution in [0.1, 0.15) is 31.9 Å². The first-order chi connectivity index (χ1) is 11.2. The highest BCUT2D eigenvalue weighted by Crippen LogP contribution is 2.29. The van der Waals surface area contributed by atoms with E-state index in [1.165, 1.54) is 0 Å². The molecule has 0 fully saturated rings. The molecule has 0 saturated heterocycles. The number of anilines is 2. The number of rotatable bonds is 3. The molecule has 0 atom stereocenters. The Hall–Kier alpha value is -2.76. The fourth-order valence-electron chi connectivity index (χ4n) is 2.28. The highest BCUT2D eigenvalue weighted by atomic mass is 16.6. The summed E-state index contributed by atoms with van der Waals surface area (Å²) in [6.07, 6.45) is 1.20. The molecule has 0 spiro atoms. The normalized spacial score (nSPS) is 11.2. The number of hydrogen-bond acceptors (Lipinski definition) is 5. The molecule has 24 heavy (non-hydrogen) atoms. The summed E-state index contributed by atoms with van der Waals surface area (Å²) in [5.74, 6) is 0.320. The number of carbonyl (C=O) groups is 1. The predicted octanol–water partition coefficient (Wildman–Crippen LogP) is 3.25. The van der Waals surface area contributed by atoms with Crippen molar-refractivity contribution >= 4 is 17.6 Å². The maximum atomic E-state index is 11.7. The lowest BCUT2D eigenvalue weighted by molar-refractivity contribution is 0.0523. The number of carbonyl (C=O) groups excluding carboxylic acids is 1. The standard InChI is InChI=1S/C18H24N4O2/c1-11-9-12(14-7-8-21-16(20)15(14)19)5-6-13(11)10-22-17(23)24-18(2,3)4/h5-9H,10,19H2,1-4H3,(H2,20,21)(H,22,23). The van der Waals surface area contributed by atoms with Crippen LogP contribution in [0.25, 0.3) is 11.1 Å². The maximum Gasteiger partial charge on any atom is 0.407 e. The van der Waals surface area contributed by atoms with E-state index < -0.39 is 11.7 Å². The number of hydrogen-bond donors (Lipinski definition) is 3. The van der Waals surface area contributed by atoms with Crippen molar-refractivity contribution in [2.75, 3.05) is 11.5 Å². The number of aryl methyl sites for hydroxylation is 1. The van der Waals surface area contributed by atoms with E-state index in [0.29, 0.717) is 18.1 Å². The van der Waals surface area contributed by atoms with Crippen LogP contribution in [-0.4, -0.2) is 16.7 Å². The summed E-state index contributed by atoms with van der Waals surface area (Å²) in [5.41, 5.74) is 15.6. The van der Waals surface area contributed by atoms with Gasteiger partial charge in [-0.2, -0.15) is 0 Å². The molecule has 1 aromatic heterocycles. The lowest BCUT2D eigenvalue weighted by Crippen LogP contribution is -2.32. The molecule has 2 rings (SSSR count). The van der Waals surface area contributed by atoms with Crippen LogP contribution in [0, 0.1) is 6.92 Å². The van der Waals surface area contributed by atoms with Crippen LogP contribution in [-0.2, 0) is 11.3 Å². The van der Waals surface area contributed by atoms with Crippen LogP contribution in [0.2, 0.25) is 0 Å². The van der Waals surface area contributed by atoms with Crippen LogP contribution in [0.15, 0.2) is 30.5 Å². The number of aromatic nitrogens is 1. The fraction of sp³-hybridized carbons (Fsp3) is 0.333. The van der Waals surface area contributed by atoms with E-state index in [1.54, 1.807) is 6.20 Å². The third-order valence-electron chi connectivity index (χ3n) is 3.50. The number of nitrogen functional groups attached to an aromatic ring is 2. The molecule has 2 aromatic rings. The van der Waals surface area contributed by atoms with E-state index in [4.69, 9.17) is 16.2 Å². The molecule has 0 unspecified atom stereocenters. The molecule has 1 amide bonds. The quantitative estimate of drug-likeness (QED) is 0.802. The number of nitrogens with two attached hydrogens (primary N) is 2. The molecular formula is C18H24N4O2. The fourth-order valence-corrected chi connectivity index (χ4v) is 2.28. The summed E-state index contributed by atoms with van der Waals surface area (Å²) in [7, 11) is 0. The second-order valence-electron chi connectivity index (χ2n) is 6.65. The van der Waals surface area contributed by atoms with Gasteiger partial charge in [-0.15, -0.1) is 0 Å². The third kappa shape index (κ3) is 4.38. The topological polar surface area (TPSA) is 103 Å². The van der Waals surface area contributed by atoms with Crippen molar-refractivity contribution in [1.82, 2.24) is 10.3 Å². The first kappa shape index (κ1) is 17.6. The number of benzene rings is 1. The molecule has 6 heteroatoms. The predicted molar refractivity (Wildman–Crippen MR) is 96.3 cm³/mol. The largest absolute Gasteiger partial charge is 0.444 e. The van der Waals surface area contributed by atoms with Gasteiger partial charge in [0.2, 0.25) is 0 Å².